The third kappa shape index (κ3) is 5.59. The number of rotatable bonds is 13. The highest BCUT2D eigenvalue weighted by atomic mass is 16.6. The van der Waals surface area contributed by atoms with E-state index in [1.54, 1.807) is 6.08 Å². The fourth-order valence-corrected chi connectivity index (χ4v) is 7.53. The van der Waals surface area contributed by atoms with Gasteiger partial charge in [-0.15, -0.1) is 0 Å². The van der Waals surface area contributed by atoms with Crippen molar-refractivity contribution in [3.8, 4) is 11.5 Å². The first-order chi connectivity index (χ1) is 21.7. The summed E-state index contributed by atoms with van der Waals surface area (Å²) in [5, 5.41) is 30.2. The van der Waals surface area contributed by atoms with E-state index in [-0.39, 0.29) is 18.1 Å². The number of carboxylic acid groups (broad SMARTS) is 2. The summed E-state index contributed by atoms with van der Waals surface area (Å²) in [6.07, 6.45) is -1.79. The summed E-state index contributed by atoms with van der Waals surface area (Å²) >= 11 is 0. The van der Waals surface area contributed by atoms with Gasteiger partial charge in [-0.05, 0) is 63.2 Å². The van der Waals surface area contributed by atoms with Gasteiger partial charge in [0, 0.05) is 12.0 Å². The number of ether oxygens (including phenoxy) is 5. The van der Waals surface area contributed by atoms with Crippen LogP contribution in [-0.4, -0.2) is 82.0 Å². The van der Waals surface area contributed by atoms with Crippen LogP contribution in [0.5, 0.6) is 11.5 Å². The monoisotopic (exact) mass is 644 g/mol. The van der Waals surface area contributed by atoms with Crippen LogP contribution in [0.15, 0.2) is 24.0 Å². The van der Waals surface area contributed by atoms with Gasteiger partial charge in [0.15, 0.2) is 23.7 Å². The summed E-state index contributed by atoms with van der Waals surface area (Å²) in [5.41, 5.74) is -0.0921. The highest BCUT2D eigenvalue weighted by Gasteiger charge is 2.71. The zero-order valence-electron chi connectivity index (χ0n) is 25.6. The minimum Gasteiger partial charge on any atom is -0.493 e. The lowest BCUT2D eigenvalue weighted by molar-refractivity contribution is -0.179. The van der Waals surface area contributed by atoms with E-state index in [4.69, 9.17) is 29.2 Å². The quantitative estimate of drug-likeness (QED) is 0.207. The van der Waals surface area contributed by atoms with Crippen LogP contribution in [0.3, 0.4) is 0 Å². The number of aliphatic hydroxyl groups is 1. The number of carbonyl (C=O) groups excluding carboxylic acids is 4. The van der Waals surface area contributed by atoms with Gasteiger partial charge >= 0.3 is 29.8 Å². The highest BCUT2D eigenvalue weighted by molar-refractivity contribution is 5.89. The van der Waals surface area contributed by atoms with E-state index < -0.39 is 90.1 Å². The van der Waals surface area contributed by atoms with Gasteiger partial charge < -0.3 is 43.8 Å². The molecule has 0 saturated heterocycles. The molecule has 3 N–H and O–H groups in total. The van der Waals surface area contributed by atoms with Crippen molar-refractivity contribution in [2.24, 2.45) is 11.8 Å². The lowest BCUT2D eigenvalue weighted by Crippen LogP contribution is -2.67. The van der Waals surface area contributed by atoms with Gasteiger partial charge in [-0.25, -0.2) is 9.59 Å². The number of carboxylic acids is 2. The molecule has 0 aromatic heterocycles. The topological polar surface area (TPSA) is 209 Å². The Morgan fingerprint density at radius 1 is 1.04 bits per heavy atom. The molecule has 14 nitrogen and oxygen atoms in total. The van der Waals surface area contributed by atoms with E-state index >= 15 is 0 Å². The van der Waals surface area contributed by atoms with Gasteiger partial charge in [-0.3, -0.25) is 14.4 Å². The maximum atomic E-state index is 13.3. The fraction of sp³-hybridized carbons (Fsp3) is 0.562. The molecule has 1 aromatic carbocycles. The zero-order valence-corrected chi connectivity index (χ0v) is 25.6. The van der Waals surface area contributed by atoms with E-state index in [9.17, 15) is 33.9 Å². The van der Waals surface area contributed by atoms with E-state index in [1.807, 2.05) is 12.1 Å². The van der Waals surface area contributed by atoms with E-state index in [2.05, 4.69) is 4.74 Å². The molecule has 1 heterocycles. The van der Waals surface area contributed by atoms with Gasteiger partial charge in [0.25, 0.3) is 0 Å². The van der Waals surface area contributed by atoms with Gasteiger partial charge in [0.05, 0.1) is 36.9 Å². The Kier molecular flexibility index (Phi) is 8.86. The third-order valence-corrected chi connectivity index (χ3v) is 9.50. The average Bonchev–Trinajstić information content (AvgIpc) is 3.32. The second-order valence-corrected chi connectivity index (χ2v) is 12.4. The molecular formula is C32H36O14. The Bertz CT molecular complexity index is 1510. The first kappa shape index (κ1) is 32.9. The molecule has 1 aromatic rings. The van der Waals surface area contributed by atoms with Crippen molar-refractivity contribution >= 4 is 35.6 Å². The average molecular weight is 645 g/mol. The molecular weight excluding hydrogens is 608 g/mol. The molecule has 1 spiro atoms. The molecule has 1 saturated carbocycles. The van der Waals surface area contributed by atoms with Crippen molar-refractivity contribution in [3.05, 3.63) is 35.1 Å². The normalized spacial score (nSPS) is 27.0. The molecule has 46 heavy (non-hydrogen) atoms. The molecule has 0 radical (unpaired) electrons. The Labute approximate surface area is 263 Å². The van der Waals surface area contributed by atoms with Crippen molar-refractivity contribution in [1.82, 2.24) is 0 Å². The summed E-state index contributed by atoms with van der Waals surface area (Å²) in [4.78, 5) is 72.8. The van der Waals surface area contributed by atoms with Crippen LogP contribution >= 0.6 is 0 Å². The summed E-state index contributed by atoms with van der Waals surface area (Å²) in [7, 11) is 1.52. The highest BCUT2D eigenvalue weighted by Crippen LogP contribution is 2.67. The second kappa shape index (κ2) is 12.4. The Balaban J connectivity index is 1.31. The summed E-state index contributed by atoms with van der Waals surface area (Å²) in [6.45, 7) is 2.28. The van der Waals surface area contributed by atoms with Crippen LogP contribution in [0.1, 0.15) is 69.9 Å². The lowest BCUT2D eigenvalue weighted by atomic mass is 9.47. The maximum Gasteiger partial charge on any atom is 0.348 e. The van der Waals surface area contributed by atoms with Gasteiger partial charge in [-0.1, -0.05) is 12.5 Å². The molecule has 4 aliphatic rings. The van der Waals surface area contributed by atoms with Crippen LogP contribution in [0.4, 0.5) is 0 Å². The summed E-state index contributed by atoms with van der Waals surface area (Å²) in [5.74, 6) is -7.23. The number of ketones is 1. The predicted molar refractivity (Wildman–Crippen MR) is 153 cm³/mol. The molecule has 5 rings (SSSR count). The van der Waals surface area contributed by atoms with Crippen molar-refractivity contribution in [2.45, 2.75) is 94.5 Å². The number of benzene rings is 1. The van der Waals surface area contributed by atoms with Crippen LogP contribution in [0.2, 0.25) is 0 Å². The van der Waals surface area contributed by atoms with Gasteiger partial charge in [0.1, 0.15) is 11.5 Å². The Morgan fingerprint density at radius 3 is 2.43 bits per heavy atom. The second-order valence-electron chi connectivity index (χ2n) is 12.4. The fourth-order valence-electron chi connectivity index (χ4n) is 7.53. The number of esters is 3. The lowest BCUT2D eigenvalue weighted by Gasteiger charge is -2.59. The van der Waals surface area contributed by atoms with Gasteiger partial charge in [-0.2, -0.15) is 0 Å². The van der Waals surface area contributed by atoms with Crippen molar-refractivity contribution in [3.63, 3.8) is 0 Å². The van der Waals surface area contributed by atoms with Crippen LogP contribution in [-0.2, 0) is 54.8 Å². The minimum atomic E-state index is -2.02. The molecule has 7 atom stereocenters. The van der Waals surface area contributed by atoms with E-state index in [1.165, 1.54) is 14.0 Å². The maximum absolute atomic E-state index is 13.3. The van der Waals surface area contributed by atoms with Crippen molar-refractivity contribution in [1.29, 1.82) is 0 Å². The third-order valence-electron chi connectivity index (χ3n) is 9.50. The number of hydrogen-bond donors (Lipinski definition) is 3. The molecule has 1 aliphatic heterocycles. The molecule has 2 bridgehead atoms. The first-order valence-corrected chi connectivity index (χ1v) is 15.1. The number of Topliss-reactive ketones (excluding diaryl/α,β-unsaturated/α-hetero) is 1. The van der Waals surface area contributed by atoms with E-state index in [0.717, 1.165) is 30.9 Å². The van der Waals surface area contributed by atoms with Gasteiger partial charge in [0.2, 0.25) is 6.10 Å². The first-order valence-electron chi connectivity index (χ1n) is 15.1. The standard InChI is InChI=1S/C32H36O14/c1-15(33)11-18(30(40)43-16(2)29(39)45-22(28(37)38)14-23(34)35)13-24(36)44-21-8-10-32(41)19-5-4-9-31(32)25-17(12-19)6-7-20(42-3)26(25)46-27(21)31/h6-8,16,18-19,22,27,41H,4-5,9-14H2,1-3H3,(H,34,35)(H,37,38)/t16-,18-,19-,22-,27+,31+,32-/m0/s1. The van der Waals surface area contributed by atoms with E-state index in [0.29, 0.717) is 24.3 Å². The minimum absolute atomic E-state index is 0.0222. The molecule has 0 amide bonds. The molecule has 14 heteroatoms. The van der Waals surface area contributed by atoms with Crippen molar-refractivity contribution < 1.29 is 67.8 Å². The number of aliphatic carboxylic acids is 2. The summed E-state index contributed by atoms with van der Waals surface area (Å²) in [6, 6.07) is 3.80. The SMILES string of the molecule is COc1ccc2c3c1O[C@@H]1C(OC(=O)C[C@H](CC(C)=O)C(=O)O[C@@H](C)C(=O)O[C@@H](CC(=O)O)C(=O)O)=CC[C@]4(O)[C@@H](CCC[C@@]314)C2. The number of methoxy groups -OCH3 is 1. The smallest absolute Gasteiger partial charge is 0.348 e. The zero-order chi connectivity index (χ0) is 33.6. The molecule has 0 unspecified atom stereocenters. The number of carbonyl (C=O) groups is 6. The van der Waals surface area contributed by atoms with Crippen LogP contribution in [0.25, 0.3) is 0 Å². The predicted octanol–water partition coefficient (Wildman–Crippen LogP) is 2.00. The number of hydrogen-bond acceptors (Lipinski definition) is 12. The van der Waals surface area contributed by atoms with Crippen LogP contribution < -0.4 is 9.47 Å². The Morgan fingerprint density at radius 2 is 1.78 bits per heavy atom. The molecule has 248 valence electrons. The largest absolute Gasteiger partial charge is 0.493 e. The Hall–Kier alpha value is -4.46. The summed E-state index contributed by atoms with van der Waals surface area (Å²) < 4.78 is 27.6. The molecule has 3 aliphatic carbocycles. The molecule has 1 fully saturated rings. The van der Waals surface area contributed by atoms with Crippen LogP contribution in [0, 0.1) is 11.8 Å². The van der Waals surface area contributed by atoms with Crippen molar-refractivity contribution in [2.75, 3.05) is 7.11 Å².